The number of carbonyl (C=O) groups is 3. The Bertz CT molecular complexity index is 1440. The van der Waals surface area contributed by atoms with E-state index in [1.54, 1.807) is 12.1 Å². The van der Waals surface area contributed by atoms with Crippen LogP contribution in [-0.2, 0) is 22.2 Å². The predicted octanol–water partition coefficient (Wildman–Crippen LogP) is 6.92. The fraction of sp³-hybridized carbons (Fsp3) is 0.455. The van der Waals surface area contributed by atoms with E-state index in [1.165, 1.54) is 4.90 Å². The molecule has 0 saturated carbocycles. The van der Waals surface area contributed by atoms with Crippen molar-refractivity contribution < 1.29 is 28.0 Å². The molecule has 9 nitrogen and oxygen atoms in total. The third-order valence-corrected chi connectivity index (χ3v) is 13.9. The number of benzene rings is 2. The summed E-state index contributed by atoms with van der Waals surface area (Å²) in [6.07, 6.45) is 1.05. The summed E-state index contributed by atoms with van der Waals surface area (Å²) in [5.74, 6) is -0.816. The van der Waals surface area contributed by atoms with Crippen LogP contribution in [0.2, 0.25) is 23.2 Å². The zero-order valence-electron chi connectivity index (χ0n) is 26.3. The minimum atomic E-state index is -2.28. The first-order valence-corrected chi connectivity index (χ1v) is 18.2. The van der Waals surface area contributed by atoms with Gasteiger partial charge in [0.05, 0.1) is 6.10 Å². The van der Waals surface area contributed by atoms with Gasteiger partial charge in [-0.3, -0.25) is 14.5 Å². The van der Waals surface area contributed by atoms with Crippen LogP contribution < -0.4 is 5.32 Å². The van der Waals surface area contributed by atoms with Crippen LogP contribution in [-0.4, -0.2) is 61.2 Å². The van der Waals surface area contributed by atoms with Crippen LogP contribution in [0.25, 0.3) is 0 Å². The van der Waals surface area contributed by atoms with Gasteiger partial charge < -0.3 is 18.9 Å². The standard InChI is InChI=1S/C33H42ClN3O6Si/c1-22(2)33(3,4)44(5,6)43-26-18-28(37(19-26)32(40)42-20-24-10-8-7-9-11-24)29(38)31-36-27(21-41-31)30(39)35-17-16-23-12-14-25(34)15-13-23/h7-15,21-22,26,28H,16-20H2,1-6H3,(H,35,39)/t26-,28-/m0/s1. The van der Waals surface area contributed by atoms with Gasteiger partial charge in [0.1, 0.15) is 18.9 Å². The predicted molar refractivity (Wildman–Crippen MR) is 171 cm³/mol. The van der Waals surface area contributed by atoms with Gasteiger partial charge in [0, 0.05) is 24.5 Å². The monoisotopic (exact) mass is 639 g/mol. The molecule has 2 amide bonds. The lowest BCUT2D eigenvalue weighted by Gasteiger charge is -2.44. The molecule has 44 heavy (non-hydrogen) atoms. The van der Waals surface area contributed by atoms with Crippen molar-refractivity contribution in [1.29, 1.82) is 0 Å². The Balaban J connectivity index is 1.46. The zero-order valence-corrected chi connectivity index (χ0v) is 28.0. The topological polar surface area (TPSA) is 111 Å². The second-order valence-electron chi connectivity index (χ2n) is 12.6. The quantitative estimate of drug-likeness (QED) is 0.169. The van der Waals surface area contributed by atoms with Gasteiger partial charge in [-0.15, -0.1) is 0 Å². The Labute approximate surface area is 265 Å². The molecule has 3 aromatic rings. The average molecular weight is 640 g/mol. The van der Waals surface area contributed by atoms with Crippen LogP contribution in [0.4, 0.5) is 4.79 Å². The first-order chi connectivity index (χ1) is 20.8. The average Bonchev–Trinajstić information content (AvgIpc) is 3.65. The van der Waals surface area contributed by atoms with Crippen LogP contribution >= 0.6 is 11.6 Å². The van der Waals surface area contributed by atoms with Gasteiger partial charge in [0.2, 0.25) is 5.78 Å². The number of ketones is 1. The van der Waals surface area contributed by atoms with Crippen LogP contribution in [0.15, 0.2) is 65.3 Å². The lowest BCUT2D eigenvalue weighted by Crippen LogP contribution is -2.48. The van der Waals surface area contributed by atoms with Crippen LogP contribution in [0.1, 0.15) is 66.4 Å². The van der Waals surface area contributed by atoms with Gasteiger partial charge in [-0.05, 0) is 53.7 Å². The second kappa shape index (κ2) is 14.1. The molecule has 0 bridgehead atoms. The number of aromatic nitrogens is 1. The lowest BCUT2D eigenvalue weighted by atomic mass is 9.99. The van der Waals surface area contributed by atoms with Crippen molar-refractivity contribution in [1.82, 2.24) is 15.2 Å². The normalized spacial score (nSPS) is 17.1. The highest BCUT2D eigenvalue weighted by molar-refractivity contribution is 6.74. The summed E-state index contributed by atoms with van der Waals surface area (Å²) in [7, 11) is -2.28. The Hall–Kier alpha value is -3.47. The molecule has 0 aliphatic carbocycles. The first-order valence-electron chi connectivity index (χ1n) is 15.0. The van der Waals surface area contributed by atoms with Crippen molar-refractivity contribution in [2.24, 2.45) is 5.92 Å². The minimum Gasteiger partial charge on any atom is -0.445 e. The summed E-state index contributed by atoms with van der Waals surface area (Å²) in [4.78, 5) is 45.4. The van der Waals surface area contributed by atoms with E-state index in [1.807, 2.05) is 42.5 Å². The van der Waals surface area contributed by atoms with E-state index >= 15 is 0 Å². The summed E-state index contributed by atoms with van der Waals surface area (Å²) >= 11 is 5.93. The fourth-order valence-electron chi connectivity index (χ4n) is 5.09. The fourth-order valence-corrected chi connectivity index (χ4v) is 7.92. The highest BCUT2D eigenvalue weighted by Crippen LogP contribution is 2.46. The molecule has 2 atom stereocenters. The van der Waals surface area contributed by atoms with E-state index in [-0.39, 0.29) is 42.3 Å². The lowest BCUT2D eigenvalue weighted by molar-refractivity contribution is 0.0707. The molecule has 1 saturated heterocycles. The molecule has 236 valence electrons. The largest absolute Gasteiger partial charge is 0.445 e. The van der Waals surface area contributed by atoms with Crippen molar-refractivity contribution in [3.8, 4) is 0 Å². The Kier molecular flexibility index (Phi) is 10.7. The maximum atomic E-state index is 13.7. The number of rotatable bonds is 12. The molecular weight excluding hydrogens is 598 g/mol. The molecule has 1 aromatic heterocycles. The van der Waals surface area contributed by atoms with Gasteiger partial charge in [-0.1, -0.05) is 81.8 Å². The third kappa shape index (κ3) is 7.97. The molecule has 1 N–H and O–H groups in total. The number of carbonyl (C=O) groups excluding carboxylic acids is 3. The van der Waals surface area contributed by atoms with E-state index in [9.17, 15) is 14.4 Å². The molecule has 1 fully saturated rings. The van der Waals surface area contributed by atoms with Crippen LogP contribution in [0.3, 0.4) is 0 Å². The van der Waals surface area contributed by atoms with Crippen molar-refractivity contribution in [2.75, 3.05) is 13.1 Å². The zero-order chi connectivity index (χ0) is 32.1. The molecular formula is C33H42ClN3O6Si. The maximum absolute atomic E-state index is 13.7. The smallest absolute Gasteiger partial charge is 0.410 e. The van der Waals surface area contributed by atoms with Crippen molar-refractivity contribution in [3.63, 3.8) is 0 Å². The molecule has 11 heteroatoms. The molecule has 2 heterocycles. The maximum Gasteiger partial charge on any atom is 0.410 e. The van der Waals surface area contributed by atoms with Crippen molar-refractivity contribution in [3.05, 3.63) is 88.6 Å². The van der Waals surface area contributed by atoms with Crippen LogP contribution in [0, 0.1) is 5.92 Å². The minimum absolute atomic E-state index is 0.0133. The van der Waals surface area contributed by atoms with Gasteiger partial charge in [-0.25, -0.2) is 9.78 Å². The Morgan fingerprint density at radius 3 is 2.43 bits per heavy atom. The molecule has 1 aliphatic rings. The SMILES string of the molecule is CC(C)C(C)(C)[Si](C)(C)O[C@H]1C[C@@H](C(=O)c2nc(C(=O)NCCc3ccc(Cl)cc3)co2)N(C(=O)OCc2ccccc2)C1. The van der Waals surface area contributed by atoms with Crippen molar-refractivity contribution in [2.45, 2.75) is 77.4 Å². The molecule has 0 radical (unpaired) electrons. The number of nitrogens with zero attached hydrogens (tertiary/aromatic N) is 2. The van der Waals surface area contributed by atoms with Gasteiger partial charge in [-0.2, -0.15) is 0 Å². The van der Waals surface area contributed by atoms with E-state index in [2.05, 4.69) is 51.1 Å². The molecule has 1 aliphatic heterocycles. The van der Waals surface area contributed by atoms with E-state index in [4.69, 9.17) is 25.2 Å². The Morgan fingerprint density at radius 2 is 1.77 bits per heavy atom. The summed E-state index contributed by atoms with van der Waals surface area (Å²) in [5, 5.41) is 3.39. The van der Waals surface area contributed by atoms with Gasteiger partial charge in [0.25, 0.3) is 11.8 Å². The number of amides is 2. The summed E-state index contributed by atoms with van der Waals surface area (Å²) in [5.41, 5.74) is 1.84. The number of likely N-dealkylation sites (tertiary alicyclic amines) is 1. The van der Waals surface area contributed by atoms with Gasteiger partial charge in [0.15, 0.2) is 14.0 Å². The van der Waals surface area contributed by atoms with E-state index in [0.717, 1.165) is 17.4 Å². The molecule has 0 spiro atoms. The highest BCUT2D eigenvalue weighted by Gasteiger charge is 2.49. The molecule has 2 aromatic carbocycles. The molecule has 4 rings (SSSR count). The van der Waals surface area contributed by atoms with E-state index < -0.39 is 32.1 Å². The Morgan fingerprint density at radius 1 is 1.09 bits per heavy atom. The number of nitrogens with one attached hydrogen (secondary N) is 1. The number of hydrogen-bond donors (Lipinski definition) is 1. The molecule has 0 unspecified atom stereocenters. The van der Waals surface area contributed by atoms with Crippen molar-refractivity contribution >= 4 is 37.7 Å². The first kappa shape index (κ1) is 33.4. The van der Waals surface area contributed by atoms with E-state index in [0.29, 0.717) is 23.9 Å². The van der Waals surface area contributed by atoms with Crippen LogP contribution in [0.5, 0.6) is 0 Å². The summed E-state index contributed by atoms with van der Waals surface area (Å²) in [6, 6.07) is 15.8. The van der Waals surface area contributed by atoms with Gasteiger partial charge >= 0.3 is 6.09 Å². The third-order valence-electron chi connectivity index (χ3n) is 9.02. The summed E-state index contributed by atoms with van der Waals surface area (Å²) < 4.78 is 17.8. The summed E-state index contributed by atoms with van der Waals surface area (Å²) in [6.45, 7) is 13.8. The number of Topliss-reactive ketones (excluding diaryl/α,β-unsaturated/α-hetero) is 1. The second-order valence-corrected chi connectivity index (χ2v) is 17.6. The number of oxazole rings is 1. The number of halogens is 1. The highest BCUT2D eigenvalue weighted by atomic mass is 35.5. The number of hydrogen-bond acceptors (Lipinski definition) is 7. The number of ether oxygens (including phenoxy) is 1.